The minimum Gasteiger partial charge on any atom is -0.288 e. The molecule has 0 aliphatic heterocycles. The number of benzene rings is 1. The van der Waals surface area contributed by atoms with Gasteiger partial charge in [-0.25, -0.2) is 19.9 Å². The van der Waals surface area contributed by atoms with Gasteiger partial charge in [-0.15, -0.1) is 0 Å². The number of pyridine rings is 1. The number of hydrogen-bond acceptors (Lipinski definition) is 5. The normalized spacial score (nSPS) is 10.7. The highest BCUT2D eigenvalue weighted by Crippen LogP contribution is 2.10. The molecule has 0 spiro atoms. The number of aromatic nitrogens is 1. The summed E-state index contributed by atoms with van der Waals surface area (Å²) in [5.41, 5.74) is 1.02. The highest BCUT2D eigenvalue weighted by atomic mass is 19.1. The lowest BCUT2D eigenvalue weighted by atomic mass is 10.1. The maximum atomic E-state index is 13.9. The van der Waals surface area contributed by atoms with Gasteiger partial charge in [0.15, 0.2) is 0 Å². The van der Waals surface area contributed by atoms with Crippen LogP contribution in [0.4, 0.5) is 8.78 Å². The molecule has 0 saturated heterocycles. The van der Waals surface area contributed by atoms with Crippen molar-refractivity contribution < 1.29 is 23.6 Å². The van der Waals surface area contributed by atoms with Gasteiger partial charge in [-0.2, -0.15) is 9.49 Å². The SMILES string of the molecule is CN(/N=C/c1ccc(C(=O)NO)cc1F)C(=O)c1cccnc1F. The van der Waals surface area contributed by atoms with Crippen LogP contribution >= 0.6 is 0 Å². The van der Waals surface area contributed by atoms with Crippen molar-refractivity contribution in [2.24, 2.45) is 5.10 Å². The topological polar surface area (TPSA) is 94.9 Å². The van der Waals surface area contributed by atoms with Crippen molar-refractivity contribution >= 4 is 18.0 Å². The Hall–Kier alpha value is -3.20. The number of amides is 2. The Kier molecular flexibility index (Phi) is 5.27. The summed E-state index contributed by atoms with van der Waals surface area (Å²) in [6.45, 7) is 0. The van der Waals surface area contributed by atoms with Crippen LogP contribution in [0.1, 0.15) is 26.3 Å². The minimum atomic E-state index is -0.935. The first-order chi connectivity index (χ1) is 11.4. The first kappa shape index (κ1) is 17.2. The summed E-state index contributed by atoms with van der Waals surface area (Å²) in [4.78, 5) is 26.5. The first-order valence-electron chi connectivity index (χ1n) is 6.60. The molecule has 24 heavy (non-hydrogen) atoms. The summed E-state index contributed by atoms with van der Waals surface area (Å²) in [7, 11) is 1.27. The van der Waals surface area contributed by atoms with Crippen LogP contribution in [-0.2, 0) is 0 Å². The van der Waals surface area contributed by atoms with Crippen molar-refractivity contribution in [1.82, 2.24) is 15.5 Å². The van der Waals surface area contributed by atoms with E-state index in [1.165, 1.54) is 43.0 Å². The maximum Gasteiger partial charge on any atom is 0.278 e. The number of nitrogens with one attached hydrogen (secondary N) is 1. The van der Waals surface area contributed by atoms with E-state index in [0.717, 1.165) is 17.3 Å². The van der Waals surface area contributed by atoms with E-state index in [0.29, 0.717) is 0 Å². The second-order valence-corrected chi connectivity index (χ2v) is 4.59. The molecule has 0 aliphatic carbocycles. The van der Waals surface area contributed by atoms with Crippen LogP contribution in [0.25, 0.3) is 0 Å². The van der Waals surface area contributed by atoms with Crippen molar-refractivity contribution in [3.05, 3.63) is 65.0 Å². The Balaban J connectivity index is 2.17. The summed E-state index contributed by atoms with van der Waals surface area (Å²) in [5.74, 6) is -3.34. The van der Waals surface area contributed by atoms with Crippen LogP contribution in [-0.4, -0.2) is 40.3 Å². The standard InChI is InChI=1S/C15H12F2N4O3/c1-21(15(23)11-3-2-6-18-13(11)17)19-8-10-5-4-9(7-12(10)16)14(22)20-24/h2-8,24H,1H3,(H,20,22)/b19-8+. The van der Waals surface area contributed by atoms with Crippen LogP contribution in [0.3, 0.4) is 0 Å². The fourth-order valence-electron chi connectivity index (χ4n) is 1.76. The molecule has 0 bridgehead atoms. The second-order valence-electron chi connectivity index (χ2n) is 4.59. The Labute approximate surface area is 135 Å². The Morgan fingerprint density at radius 3 is 2.71 bits per heavy atom. The Morgan fingerprint density at radius 1 is 1.33 bits per heavy atom. The molecule has 7 nitrogen and oxygen atoms in total. The maximum absolute atomic E-state index is 13.9. The number of hydrogen-bond donors (Lipinski definition) is 2. The van der Waals surface area contributed by atoms with Gasteiger partial charge in [0.05, 0.1) is 11.8 Å². The molecule has 124 valence electrons. The molecule has 1 aromatic heterocycles. The number of carbonyl (C=O) groups excluding carboxylic acids is 2. The largest absolute Gasteiger partial charge is 0.288 e. The number of hydrazone groups is 1. The van der Waals surface area contributed by atoms with Crippen LogP contribution in [0.5, 0.6) is 0 Å². The molecule has 9 heteroatoms. The summed E-state index contributed by atoms with van der Waals surface area (Å²) in [6, 6.07) is 6.05. The van der Waals surface area contributed by atoms with Crippen molar-refractivity contribution in [3.8, 4) is 0 Å². The fourth-order valence-corrected chi connectivity index (χ4v) is 1.76. The molecule has 0 saturated carbocycles. The summed E-state index contributed by atoms with van der Waals surface area (Å²) >= 11 is 0. The molecule has 2 amide bonds. The molecular formula is C15H12F2N4O3. The van der Waals surface area contributed by atoms with Gasteiger partial charge in [-0.1, -0.05) is 0 Å². The molecule has 0 aliphatic rings. The second kappa shape index (κ2) is 7.38. The van der Waals surface area contributed by atoms with Gasteiger partial charge in [-0.3, -0.25) is 14.8 Å². The van der Waals surface area contributed by atoms with Gasteiger partial charge < -0.3 is 0 Å². The lowest BCUT2D eigenvalue weighted by molar-refractivity contribution is 0.0705. The van der Waals surface area contributed by atoms with E-state index in [-0.39, 0.29) is 16.7 Å². The van der Waals surface area contributed by atoms with Crippen molar-refractivity contribution in [1.29, 1.82) is 0 Å². The zero-order valence-electron chi connectivity index (χ0n) is 12.4. The molecule has 0 radical (unpaired) electrons. The summed E-state index contributed by atoms with van der Waals surface area (Å²) < 4.78 is 27.3. The van der Waals surface area contributed by atoms with E-state index in [1.807, 2.05) is 0 Å². The quantitative estimate of drug-likeness (QED) is 0.384. The minimum absolute atomic E-state index is 0.00389. The molecule has 1 heterocycles. The lowest BCUT2D eigenvalue weighted by Gasteiger charge is -2.11. The molecule has 1 aromatic carbocycles. The van der Waals surface area contributed by atoms with E-state index in [2.05, 4.69) is 10.1 Å². The predicted molar refractivity (Wildman–Crippen MR) is 79.5 cm³/mol. The smallest absolute Gasteiger partial charge is 0.278 e. The van der Waals surface area contributed by atoms with E-state index < -0.39 is 23.6 Å². The molecular weight excluding hydrogens is 322 g/mol. The highest BCUT2D eigenvalue weighted by molar-refractivity contribution is 5.95. The number of rotatable bonds is 4. The number of carbonyl (C=O) groups is 2. The number of nitrogens with zero attached hydrogens (tertiary/aromatic N) is 3. The van der Waals surface area contributed by atoms with Gasteiger partial charge in [0, 0.05) is 24.4 Å². The highest BCUT2D eigenvalue weighted by Gasteiger charge is 2.16. The van der Waals surface area contributed by atoms with E-state index in [1.54, 1.807) is 0 Å². The average Bonchev–Trinajstić information content (AvgIpc) is 2.59. The molecule has 2 N–H and O–H groups in total. The third-order valence-corrected chi connectivity index (χ3v) is 3.02. The van der Waals surface area contributed by atoms with E-state index in [9.17, 15) is 18.4 Å². The molecule has 2 aromatic rings. The average molecular weight is 334 g/mol. The van der Waals surface area contributed by atoms with E-state index >= 15 is 0 Å². The molecule has 2 rings (SSSR count). The van der Waals surface area contributed by atoms with Crippen molar-refractivity contribution in [2.45, 2.75) is 0 Å². The molecule has 0 fully saturated rings. The monoisotopic (exact) mass is 334 g/mol. The number of halogens is 2. The van der Waals surface area contributed by atoms with Gasteiger partial charge in [-0.05, 0) is 30.3 Å². The van der Waals surface area contributed by atoms with Crippen LogP contribution < -0.4 is 5.48 Å². The van der Waals surface area contributed by atoms with Gasteiger partial charge in [0.1, 0.15) is 5.82 Å². The molecule has 0 atom stereocenters. The summed E-state index contributed by atoms with van der Waals surface area (Å²) in [6.07, 6.45) is 2.25. The van der Waals surface area contributed by atoms with Crippen molar-refractivity contribution in [3.63, 3.8) is 0 Å². The van der Waals surface area contributed by atoms with Crippen LogP contribution in [0.2, 0.25) is 0 Å². The fraction of sp³-hybridized carbons (Fsp3) is 0.0667. The summed E-state index contributed by atoms with van der Waals surface area (Å²) in [5, 5.41) is 13.1. The van der Waals surface area contributed by atoms with Gasteiger partial charge in [0.25, 0.3) is 11.8 Å². The predicted octanol–water partition coefficient (Wildman–Crippen LogP) is 1.58. The van der Waals surface area contributed by atoms with Gasteiger partial charge >= 0.3 is 0 Å². The Morgan fingerprint density at radius 2 is 2.08 bits per heavy atom. The zero-order valence-corrected chi connectivity index (χ0v) is 12.4. The number of hydroxylamine groups is 1. The van der Waals surface area contributed by atoms with Gasteiger partial charge in [0.2, 0.25) is 5.95 Å². The third-order valence-electron chi connectivity index (χ3n) is 3.02. The Bertz CT molecular complexity index is 811. The van der Waals surface area contributed by atoms with Crippen LogP contribution in [0, 0.1) is 11.8 Å². The van der Waals surface area contributed by atoms with Crippen molar-refractivity contribution in [2.75, 3.05) is 7.05 Å². The third kappa shape index (κ3) is 3.76. The first-order valence-corrected chi connectivity index (χ1v) is 6.60. The van der Waals surface area contributed by atoms with Crippen LogP contribution in [0.15, 0.2) is 41.6 Å². The lowest BCUT2D eigenvalue weighted by Crippen LogP contribution is -2.23. The zero-order chi connectivity index (χ0) is 17.7. The van der Waals surface area contributed by atoms with E-state index in [4.69, 9.17) is 5.21 Å². The molecule has 0 unspecified atom stereocenters.